The average Bonchev–Trinajstić information content (AvgIpc) is 3.18. The molecule has 3 nitrogen and oxygen atoms in total. The van der Waals surface area contributed by atoms with Crippen molar-refractivity contribution in [2.24, 2.45) is 11.8 Å². The lowest BCUT2D eigenvalue weighted by molar-refractivity contribution is -0.126. The lowest BCUT2D eigenvalue weighted by atomic mass is 9.63. The van der Waals surface area contributed by atoms with Crippen molar-refractivity contribution < 1.29 is 14.3 Å². The Bertz CT molecular complexity index is 627. The number of ketones is 1. The maximum Gasteiger partial charge on any atom is 0.162 e. The third-order valence-corrected chi connectivity index (χ3v) is 5.45. The highest BCUT2D eigenvalue weighted by Gasteiger charge is 2.63. The van der Waals surface area contributed by atoms with Crippen molar-refractivity contribution in [2.45, 2.75) is 30.7 Å². The molecular formula is C17H16O3. The van der Waals surface area contributed by atoms with Crippen LogP contribution < -0.4 is 0 Å². The number of allylic oxidation sites excluding steroid dienone is 1. The van der Waals surface area contributed by atoms with Crippen LogP contribution >= 0.6 is 0 Å². The van der Waals surface area contributed by atoms with E-state index in [0.29, 0.717) is 0 Å². The summed E-state index contributed by atoms with van der Waals surface area (Å²) in [5, 5.41) is 0. The van der Waals surface area contributed by atoms with Gasteiger partial charge in [0.1, 0.15) is 0 Å². The fourth-order valence-electron chi connectivity index (χ4n) is 4.68. The van der Waals surface area contributed by atoms with Crippen molar-refractivity contribution in [3.05, 3.63) is 47.5 Å². The van der Waals surface area contributed by atoms with Crippen LogP contribution in [0.4, 0.5) is 0 Å². The van der Waals surface area contributed by atoms with Crippen LogP contribution in [0.5, 0.6) is 0 Å². The SMILES string of the molecule is O=C1C=C[C@]2(CCCO2)[C@H]2[C@H]1[C@H]1O[C@H]2c2ccccc21. The third kappa shape index (κ3) is 1.17. The molecule has 0 N–H and O–H groups in total. The van der Waals surface area contributed by atoms with Gasteiger partial charge in [-0.3, -0.25) is 4.79 Å². The van der Waals surface area contributed by atoms with Crippen LogP contribution in [0.3, 0.4) is 0 Å². The zero-order valence-electron chi connectivity index (χ0n) is 11.1. The molecule has 0 aromatic heterocycles. The van der Waals surface area contributed by atoms with E-state index < -0.39 is 0 Å². The lowest BCUT2D eigenvalue weighted by Crippen LogP contribution is -2.47. The second kappa shape index (κ2) is 3.60. The Morgan fingerprint density at radius 1 is 1.15 bits per heavy atom. The molecule has 0 amide bonds. The monoisotopic (exact) mass is 268 g/mol. The largest absolute Gasteiger partial charge is 0.370 e. The fourth-order valence-corrected chi connectivity index (χ4v) is 4.68. The number of benzene rings is 1. The van der Waals surface area contributed by atoms with Gasteiger partial charge in [0.2, 0.25) is 0 Å². The van der Waals surface area contributed by atoms with Crippen molar-refractivity contribution in [2.75, 3.05) is 6.61 Å². The van der Waals surface area contributed by atoms with E-state index in [0.717, 1.165) is 19.4 Å². The summed E-state index contributed by atoms with van der Waals surface area (Å²) in [6.07, 6.45) is 5.77. The molecule has 1 aromatic carbocycles. The number of carbonyl (C=O) groups is 1. The summed E-state index contributed by atoms with van der Waals surface area (Å²) < 4.78 is 12.3. The Morgan fingerprint density at radius 2 is 1.95 bits per heavy atom. The maximum atomic E-state index is 12.4. The Balaban J connectivity index is 1.70. The van der Waals surface area contributed by atoms with Gasteiger partial charge >= 0.3 is 0 Å². The quantitative estimate of drug-likeness (QED) is 0.725. The Morgan fingerprint density at radius 3 is 2.70 bits per heavy atom. The molecule has 0 unspecified atom stereocenters. The smallest absolute Gasteiger partial charge is 0.162 e. The number of rotatable bonds is 0. The first-order valence-corrected chi connectivity index (χ1v) is 7.41. The summed E-state index contributed by atoms with van der Waals surface area (Å²) in [6.45, 7) is 0.792. The van der Waals surface area contributed by atoms with Crippen LogP contribution in [-0.2, 0) is 14.3 Å². The van der Waals surface area contributed by atoms with E-state index in [-0.39, 0.29) is 35.4 Å². The minimum Gasteiger partial charge on any atom is -0.370 e. The fraction of sp³-hybridized carbons (Fsp3) is 0.471. The highest BCUT2D eigenvalue weighted by molar-refractivity contribution is 5.94. The zero-order chi connectivity index (χ0) is 13.3. The van der Waals surface area contributed by atoms with Crippen LogP contribution in [-0.4, -0.2) is 18.0 Å². The molecule has 5 atom stereocenters. The average molecular weight is 268 g/mol. The molecule has 2 fully saturated rings. The Kier molecular flexibility index (Phi) is 2.02. The van der Waals surface area contributed by atoms with Gasteiger partial charge in [0, 0.05) is 12.5 Å². The van der Waals surface area contributed by atoms with Crippen LogP contribution in [0, 0.1) is 11.8 Å². The first kappa shape index (κ1) is 11.2. The number of hydrogen-bond donors (Lipinski definition) is 0. The minimum absolute atomic E-state index is 0.0215. The van der Waals surface area contributed by atoms with Crippen molar-refractivity contribution in [1.82, 2.24) is 0 Å². The van der Waals surface area contributed by atoms with Crippen LogP contribution in [0.2, 0.25) is 0 Å². The van der Waals surface area contributed by atoms with Gasteiger partial charge in [-0.05, 0) is 36.1 Å². The third-order valence-electron chi connectivity index (χ3n) is 5.45. The van der Waals surface area contributed by atoms with Crippen molar-refractivity contribution in [1.29, 1.82) is 0 Å². The molecule has 5 rings (SSSR count). The molecular weight excluding hydrogens is 252 g/mol. The van der Waals surface area contributed by atoms with Gasteiger partial charge in [0.25, 0.3) is 0 Å². The molecule has 3 heterocycles. The summed E-state index contributed by atoms with van der Waals surface area (Å²) in [6, 6.07) is 8.33. The number of fused-ring (bicyclic) bond motifs is 9. The molecule has 1 aromatic rings. The Labute approximate surface area is 117 Å². The predicted molar refractivity (Wildman–Crippen MR) is 72.1 cm³/mol. The molecule has 2 bridgehead atoms. The van der Waals surface area contributed by atoms with Gasteiger partial charge in [0.15, 0.2) is 5.78 Å². The molecule has 0 saturated carbocycles. The van der Waals surface area contributed by atoms with Crippen LogP contribution in [0.1, 0.15) is 36.2 Å². The summed E-state index contributed by atoms with van der Waals surface area (Å²) in [5.41, 5.74) is 2.19. The van der Waals surface area contributed by atoms with Crippen molar-refractivity contribution in [3.8, 4) is 0 Å². The maximum absolute atomic E-state index is 12.4. The van der Waals surface area contributed by atoms with Crippen molar-refractivity contribution in [3.63, 3.8) is 0 Å². The first-order valence-electron chi connectivity index (χ1n) is 7.41. The van der Waals surface area contributed by atoms with E-state index in [4.69, 9.17) is 9.47 Å². The van der Waals surface area contributed by atoms with Crippen LogP contribution in [0.15, 0.2) is 36.4 Å². The summed E-state index contributed by atoms with van der Waals surface area (Å²) in [5.74, 6) is 0.304. The van der Waals surface area contributed by atoms with E-state index >= 15 is 0 Å². The van der Waals surface area contributed by atoms with E-state index in [1.165, 1.54) is 11.1 Å². The normalized spacial score (nSPS) is 44.1. The minimum atomic E-state index is -0.272. The topological polar surface area (TPSA) is 35.5 Å². The summed E-state index contributed by atoms with van der Waals surface area (Å²) >= 11 is 0. The molecule has 3 aliphatic heterocycles. The predicted octanol–water partition coefficient (Wildman–Crippen LogP) is 2.73. The summed E-state index contributed by atoms with van der Waals surface area (Å²) in [7, 11) is 0. The highest BCUT2D eigenvalue weighted by Crippen LogP contribution is 2.63. The number of hydrogen-bond acceptors (Lipinski definition) is 3. The van der Waals surface area contributed by atoms with Gasteiger partial charge in [0.05, 0.1) is 23.7 Å². The second-order valence-electron chi connectivity index (χ2n) is 6.30. The van der Waals surface area contributed by atoms with E-state index in [2.05, 4.69) is 18.2 Å². The van der Waals surface area contributed by atoms with Crippen molar-refractivity contribution >= 4 is 5.78 Å². The molecule has 1 aliphatic carbocycles. The van der Waals surface area contributed by atoms with Gasteiger partial charge in [-0.2, -0.15) is 0 Å². The molecule has 20 heavy (non-hydrogen) atoms. The lowest BCUT2D eigenvalue weighted by Gasteiger charge is -2.42. The van der Waals surface area contributed by atoms with Crippen LogP contribution in [0.25, 0.3) is 0 Å². The second-order valence-corrected chi connectivity index (χ2v) is 6.30. The number of carbonyl (C=O) groups excluding carboxylic acids is 1. The Hall–Kier alpha value is -1.45. The highest BCUT2D eigenvalue weighted by atomic mass is 16.5. The van der Waals surface area contributed by atoms with Gasteiger partial charge in [-0.15, -0.1) is 0 Å². The van der Waals surface area contributed by atoms with Gasteiger partial charge < -0.3 is 9.47 Å². The zero-order valence-corrected chi connectivity index (χ0v) is 11.1. The molecule has 3 heteroatoms. The van der Waals surface area contributed by atoms with E-state index in [9.17, 15) is 4.79 Å². The number of ether oxygens (including phenoxy) is 2. The molecule has 2 saturated heterocycles. The molecule has 0 radical (unpaired) electrons. The van der Waals surface area contributed by atoms with Gasteiger partial charge in [-0.1, -0.05) is 24.3 Å². The molecule has 1 spiro atoms. The van der Waals surface area contributed by atoms with E-state index in [1.807, 2.05) is 12.1 Å². The first-order chi connectivity index (χ1) is 9.80. The van der Waals surface area contributed by atoms with Gasteiger partial charge in [-0.25, -0.2) is 0 Å². The molecule has 102 valence electrons. The van der Waals surface area contributed by atoms with E-state index in [1.54, 1.807) is 6.08 Å². The standard InChI is InChI=1S/C17H16O3/c18-12-6-8-17(7-3-9-19-17)14-13(12)15-10-4-1-2-5-11(10)16(14)20-15/h1-2,4-6,8,13-16H,3,7,9H2/t13-,14-,15-,16-,17+/m0/s1. The molecule has 4 aliphatic rings. The summed E-state index contributed by atoms with van der Waals surface area (Å²) in [4.78, 5) is 12.4.